The topological polar surface area (TPSA) is 24.9 Å². The van der Waals surface area contributed by atoms with Gasteiger partial charge in [-0.05, 0) is 34.3 Å². The van der Waals surface area contributed by atoms with E-state index in [1.807, 2.05) is 11.6 Å². The summed E-state index contributed by atoms with van der Waals surface area (Å²) in [4.78, 5) is 5.50. The largest absolute Gasteiger partial charge is 0.354 e. The normalized spacial score (nSPS) is 12.7. The zero-order chi connectivity index (χ0) is 9.97. The number of thiazole rings is 1. The number of thiophene rings is 1. The number of halogens is 1. The van der Waals surface area contributed by atoms with Gasteiger partial charge in [0, 0.05) is 20.9 Å². The van der Waals surface area contributed by atoms with Crippen LogP contribution in [0.4, 0.5) is 5.13 Å². The van der Waals surface area contributed by atoms with Gasteiger partial charge in [-0.1, -0.05) is 0 Å². The summed E-state index contributed by atoms with van der Waals surface area (Å²) in [5.41, 5.74) is 0. The Labute approximate surface area is 99.1 Å². The van der Waals surface area contributed by atoms with E-state index < -0.39 is 0 Å². The fourth-order valence-corrected chi connectivity index (χ4v) is 3.50. The van der Waals surface area contributed by atoms with E-state index in [1.54, 1.807) is 22.7 Å². The SMILES string of the molecule is CC(Nc1nccs1)c1sccc1Br. The minimum atomic E-state index is 0.301. The maximum Gasteiger partial charge on any atom is 0.183 e. The van der Waals surface area contributed by atoms with Gasteiger partial charge in [0.1, 0.15) is 0 Å². The number of anilines is 1. The Bertz CT molecular complexity index is 397. The summed E-state index contributed by atoms with van der Waals surface area (Å²) in [7, 11) is 0. The third-order valence-corrected chi connectivity index (χ3v) is 4.57. The zero-order valence-corrected chi connectivity index (χ0v) is 10.7. The van der Waals surface area contributed by atoms with E-state index >= 15 is 0 Å². The second kappa shape index (κ2) is 4.42. The van der Waals surface area contributed by atoms with Gasteiger partial charge in [-0.3, -0.25) is 0 Å². The molecule has 14 heavy (non-hydrogen) atoms. The summed E-state index contributed by atoms with van der Waals surface area (Å²) >= 11 is 6.89. The Morgan fingerprint density at radius 3 is 2.86 bits per heavy atom. The van der Waals surface area contributed by atoms with Crippen LogP contribution in [0.25, 0.3) is 0 Å². The van der Waals surface area contributed by atoms with Crippen LogP contribution in [0.1, 0.15) is 17.8 Å². The van der Waals surface area contributed by atoms with Gasteiger partial charge in [-0.2, -0.15) is 0 Å². The van der Waals surface area contributed by atoms with Crippen LogP contribution in [0.15, 0.2) is 27.5 Å². The third kappa shape index (κ3) is 2.16. The summed E-state index contributed by atoms with van der Waals surface area (Å²) in [5.74, 6) is 0. The van der Waals surface area contributed by atoms with Crippen molar-refractivity contribution in [3.05, 3.63) is 32.4 Å². The fourth-order valence-electron chi connectivity index (χ4n) is 1.16. The molecule has 74 valence electrons. The van der Waals surface area contributed by atoms with Crippen molar-refractivity contribution < 1.29 is 0 Å². The molecule has 2 rings (SSSR count). The molecular weight excluding hydrogens is 280 g/mol. The van der Waals surface area contributed by atoms with Gasteiger partial charge in [0.25, 0.3) is 0 Å². The first kappa shape index (κ1) is 10.1. The number of nitrogens with one attached hydrogen (secondary N) is 1. The summed E-state index contributed by atoms with van der Waals surface area (Å²) in [6, 6.07) is 2.37. The number of nitrogens with zero attached hydrogens (tertiary/aromatic N) is 1. The number of rotatable bonds is 3. The van der Waals surface area contributed by atoms with Crippen LogP contribution >= 0.6 is 38.6 Å². The van der Waals surface area contributed by atoms with Crippen LogP contribution in [0.3, 0.4) is 0 Å². The highest BCUT2D eigenvalue weighted by molar-refractivity contribution is 9.10. The van der Waals surface area contributed by atoms with Crippen LogP contribution in [0, 0.1) is 0 Å². The molecule has 0 saturated heterocycles. The molecule has 0 aromatic carbocycles. The molecule has 0 amide bonds. The predicted molar refractivity (Wildman–Crippen MR) is 66.2 cm³/mol. The lowest BCUT2D eigenvalue weighted by atomic mass is 10.3. The Balaban J connectivity index is 2.10. The molecule has 2 heterocycles. The van der Waals surface area contributed by atoms with Crippen molar-refractivity contribution in [2.24, 2.45) is 0 Å². The van der Waals surface area contributed by atoms with E-state index in [9.17, 15) is 0 Å². The van der Waals surface area contributed by atoms with Crippen LogP contribution < -0.4 is 5.32 Å². The van der Waals surface area contributed by atoms with Gasteiger partial charge < -0.3 is 5.32 Å². The zero-order valence-electron chi connectivity index (χ0n) is 7.53. The van der Waals surface area contributed by atoms with E-state index in [4.69, 9.17) is 0 Å². The third-order valence-electron chi connectivity index (χ3n) is 1.81. The Hall–Kier alpha value is -0.390. The quantitative estimate of drug-likeness (QED) is 0.918. The molecule has 1 atom stereocenters. The molecule has 0 radical (unpaired) electrons. The van der Waals surface area contributed by atoms with Crippen LogP contribution in [-0.2, 0) is 0 Å². The molecule has 0 spiro atoms. The van der Waals surface area contributed by atoms with Gasteiger partial charge in [0.05, 0.1) is 6.04 Å². The van der Waals surface area contributed by atoms with Gasteiger partial charge in [-0.25, -0.2) is 4.98 Å². The summed E-state index contributed by atoms with van der Waals surface area (Å²) < 4.78 is 1.17. The molecule has 2 aromatic rings. The van der Waals surface area contributed by atoms with Gasteiger partial charge >= 0.3 is 0 Å². The molecule has 2 nitrogen and oxygen atoms in total. The molecule has 0 bridgehead atoms. The maximum atomic E-state index is 4.19. The van der Waals surface area contributed by atoms with Crippen LogP contribution in [0.5, 0.6) is 0 Å². The number of aromatic nitrogens is 1. The van der Waals surface area contributed by atoms with Gasteiger partial charge in [0.15, 0.2) is 5.13 Å². The number of hydrogen-bond donors (Lipinski definition) is 1. The highest BCUT2D eigenvalue weighted by Gasteiger charge is 2.11. The lowest BCUT2D eigenvalue weighted by Gasteiger charge is -2.11. The molecular formula is C9H9BrN2S2. The smallest absolute Gasteiger partial charge is 0.183 e. The highest BCUT2D eigenvalue weighted by atomic mass is 79.9. The Morgan fingerprint density at radius 2 is 2.29 bits per heavy atom. The molecule has 0 saturated carbocycles. The first-order chi connectivity index (χ1) is 6.77. The van der Waals surface area contributed by atoms with Crippen molar-refractivity contribution in [1.82, 2.24) is 4.98 Å². The fraction of sp³-hybridized carbons (Fsp3) is 0.222. The van der Waals surface area contributed by atoms with Crippen LogP contribution in [-0.4, -0.2) is 4.98 Å². The molecule has 2 aromatic heterocycles. The number of hydrogen-bond acceptors (Lipinski definition) is 4. The first-order valence-electron chi connectivity index (χ1n) is 4.16. The monoisotopic (exact) mass is 288 g/mol. The van der Waals surface area contributed by atoms with Crippen molar-refractivity contribution in [3.8, 4) is 0 Å². The summed E-state index contributed by atoms with van der Waals surface area (Å²) in [6.07, 6.45) is 1.81. The first-order valence-corrected chi connectivity index (χ1v) is 6.71. The van der Waals surface area contributed by atoms with Crippen molar-refractivity contribution in [1.29, 1.82) is 0 Å². The van der Waals surface area contributed by atoms with E-state index in [2.05, 4.69) is 44.6 Å². The van der Waals surface area contributed by atoms with E-state index in [-0.39, 0.29) is 0 Å². The van der Waals surface area contributed by atoms with Crippen molar-refractivity contribution in [2.75, 3.05) is 5.32 Å². The highest BCUT2D eigenvalue weighted by Crippen LogP contribution is 2.31. The molecule has 0 fully saturated rings. The van der Waals surface area contributed by atoms with E-state index in [0.717, 1.165) is 5.13 Å². The Morgan fingerprint density at radius 1 is 1.43 bits per heavy atom. The molecule has 0 aliphatic rings. The predicted octanol–water partition coefficient (Wildman–Crippen LogP) is 4.14. The minimum absolute atomic E-state index is 0.301. The minimum Gasteiger partial charge on any atom is -0.354 e. The van der Waals surface area contributed by atoms with Gasteiger partial charge in [0.2, 0.25) is 0 Å². The van der Waals surface area contributed by atoms with Crippen molar-refractivity contribution in [2.45, 2.75) is 13.0 Å². The lowest BCUT2D eigenvalue weighted by Crippen LogP contribution is -2.04. The molecule has 5 heteroatoms. The molecule has 0 aliphatic carbocycles. The maximum absolute atomic E-state index is 4.19. The van der Waals surface area contributed by atoms with Crippen molar-refractivity contribution in [3.63, 3.8) is 0 Å². The summed E-state index contributed by atoms with van der Waals surface area (Å²) in [6.45, 7) is 2.14. The van der Waals surface area contributed by atoms with Crippen LogP contribution in [0.2, 0.25) is 0 Å². The van der Waals surface area contributed by atoms with E-state index in [1.165, 1.54) is 9.35 Å². The second-order valence-corrected chi connectivity index (χ2v) is 5.53. The Kier molecular flexibility index (Phi) is 3.20. The van der Waals surface area contributed by atoms with E-state index in [0.29, 0.717) is 6.04 Å². The second-order valence-electron chi connectivity index (χ2n) is 2.84. The molecule has 1 N–H and O–H groups in total. The van der Waals surface area contributed by atoms with Gasteiger partial charge in [-0.15, -0.1) is 22.7 Å². The standard InChI is InChI=1S/C9H9BrN2S2/c1-6(8-7(10)2-4-13-8)12-9-11-3-5-14-9/h2-6H,1H3,(H,11,12). The molecule has 0 aliphatic heterocycles. The van der Waals surface area contributed by atoms with Crippen molar-refractivity contribution >= 4 is 43.7 Å². The average Bonchev–Trinajstić information content (AvgIpc) is 2.75. The summed E-state index contributed by atoms with van der Waals surface area (Å²) in [5, 5.41) is 8.38. The lowest BCUT2D eigenvalue weighted by molar-refractivity contribution is 0.899. The molecule has 1 unspecified atom stereocenters. The average molecular weight is 289 g/mol.